The highest BCUT2D eigenvalue weighted by atomic mass is 19.3. The summed E-state index contributed by atoms with van der Waals surface area (Å²) in [5.74, 6) is -8.21. The van der Waals surface area contributed by atoms with Gasteiger partial charge >= 0.3 is 12.7 Å². The summed E-state index contributed by atoms with van der Waals surface area (Å²) in [6.45, 7) is -1.52. The summed E-state index contributed by atoms with van der Waals surface area (Å²) in [6.07, 6.45) is -4.05. The molecular weight excluding hydrogens is 445 g/mol. The number of aryl methyl sites for hydroxylation is 1. The third kappa shape index (κ3) is 4.74. The Morgan fingerprint density at radius 2 is 1.59 bits per heavy atom. The predicted molar refractivity (Wildman–Crippen MR) is 98.9 cm³/mol. The molecule has 0 saturated heterocycles. The van der Waals surface area contributed by atoms with Gasteiger partial charge in [0.1, 0.15) is 17.1 Å². The Morgan fingerprint density at radius 3 is 2.16 bits per heavy atom. The molecule has 3 nitrogen and oxygen atoms in total. The van der Waals surface area contributed by atoms with E-state index in [9.17, 15) is 35.8 Å². The average molecular weight is 459 g/mol. The minimum atomic E-state index is -4.68. The molecule has 3 rings (SSSR count). The third-order valence-electron chi connectivity index (χ3n) is 4.49. The summed E-state index contributed by atoms with van der Waals surface area (Å²) in [5, 5.41) is 12.1. The van der Waals surface area contributed by atoms with Gasteiger partial charge in [-0.25, -0.2) is 13.2 Å². The van der Waals surface area contributed by atoms with Gasteiger partial charge in [0.15, 0.2) is 23.1 Å². The van der Waals surface area contributed by atoms with E-state index in [2.05, 4.69) is 9.47 Å². The van der Waals surface area contributed by atoms with Crippen LogP contribution in [0.3, 0.4) is 0 Å². The Hall–Kier alpha value is -3.43. The van der Waals surface area contributed by atoms with Crippen molar-refractivity contribution in [2.24, 2.45) is 0 Å². The lowest BCUT2D eigenvalue weighted by Gasteiger charge is -2.21. The van der Waals surface area contributed by atoms with Crippen LogP contribution in [0.4, 0.5) is 30.7 Å². The van der Waals surface area contributed by atoms with Crippen molar-refractivity contribution in [2.45, 2.75) is 26.1 Å². The van der Waals surface area contributed by atoms with Gasteiger partial charge in [-0.1, -0.05) is 31.2 Å². The van der Waals surface area contributed by atoms with Crippen LogP contribution in [-0.2, 0) is 17.6 Å². The van der Waals surface area contributed by atoms with Crippen LogP contribution in [0.25, 0.3) is 11.1 Å². The SMILES string of the molecule is CCc1ccc(-c2c([O])cc(F)c(C(F)(F)Oc3ccc(OC(F)F)c(F)c3)c2F)cc1. The summed E-state index contributed by atoms with van der Waals surface area (Å²) >= 11 is 0. The summed E-state index contributed by atoms with van der Waals surface area (Å²) in [4.78, 5) is 0. The second kappa shape index (κ2) is 8.97. The van der Waals surface area contributed by atoms with E-state index in [4.69, 9.17) is 0 Å². The van der Waals surface area contributed by atoms with Gasteiger partial charge < -0.3 is 9.47 Å². The van der Waals surface area contributed by atoms with Gasteiger partial charge in [-0.05, 0) is 29.7 Å². The standard InChI is InChI=1S/C22H14F7O3/c1-2-11-3-5-12(6-4-11)18-16(30)10-15(24)19(20(18)25)22(28,29)32-13-7-8-17(14(23)9-13)31-21(26)27/h3-10,21H,2H2,1H3. The molecule has 0 atom stereocenters. The van der Waals surface area contributed by atoms with Gasteiger partial charge in [0.05, 0.1) is 5.56 Å². The first-order valence-electron chi connectivity index (χ1n) is 9.13. The van der Waals surface area contributed by atoms with Crippen LogP contribution in [-0.4, -0.2) is 6.61 Å². The van der Waals surface area contributed by atoms with E-state index in [1.165, 1.54) is 12.1 Å². The largest absolute Gasteiger partial charge is 0.432 e. The van der Waals surface area contributed by atoms with Crippen molar-refractivity contribution in [2.75, 3.05) is 0 Å². The van der Waals surface area contributed by atoms with Gasteiger partial charge in [0.2, 0.25) is 0 Å². The highest BCUT2D eigenvalue weighted by Gasteiger charge is 2.43. The van der Waals surface area contributed by atoms with Crippen LogP contribution in [0.5, 0.6) is 17.2 Å². The average Bonchev–Trinajstić information content (AvgIpc) is 2.69. The second-order valence-electron chi connectivity index (χ2n) is 6.56. The van der Waals surface area contributed by atoms with Gasteiger partial charge in [-0.3, -0.25) is 5.11 Å². The van der Waals surface area contributed by atoms with Gasteiger partial charge in [0, 0.05) is 12.1 Å². The Morgan fingerprint density at radius 1 is 0.938 bits per heavy atom. The topological polar surface area (TPSA) is 38.4 Å². The maximum atomic E-state index is 15.0. The van der Waals surface area contributed by atoms with Crippen LogP contribution in [0.1, 0.15) is 18.1 Å². The molecule has 3 aromatic carbocycles. The smallest absolute Gasteiger partial charge is 0.432 e. The zero-order valence-electron chi connectivity index (χ0n) is 16.3. The van der Waals surface area contributed by atoms with Crippen LogP contribution < -0.4 is 9.47 Å². The fourth-order valence-corrected chi connectivity index (χ4v) is 2.98. The highest BCUT2D eigenvalue weighted by molar-refractivity contribution is 5.72. The Bertz CT molecular complexity index is 1120. The highest BCUT2D eigenvalue weighted by Crippen LogP contribution is 2.42. The summed E-state index contributed by atoms with van der Waals surface area (Å²) in [6, 6.07) is 7.48. The van der Waals surface area contributed by atoms with Crippen LogP contribution >= 0.6 is 0 Å². The van der Waals surface area contributed by atoms with Crippen molar-refractivity contribution < 1.29 is 45.3 Å². The van der Waals surface area contributed by atoms with Gasteiger partial charge in [-0.2, -0.15) is 17.6 Å². The van der Waals surface area contributed by atoms with Crippen LogP contribution in [0, 0.1) is 17.5 Å². The minimum Gasteiger partial charge on any atom is -0.432 e. The number of hydrogen-bond acceptors (Lipinski definition) is 2. The molecule has 0 aliphatic heterocycles. The van der Waals surface area contributed by atoms with E-state index in [0.717, 1.165) is 5.56 Å². The van der Waals surface area contributed by atoms with E-state index < -0.39 is 58.5 Å². The predicted octanol–water partition coefficient (Wildman–Crippen LogP) is 7.21. The molecule has 0 aliphatic carbocycles. The van der Waals surface area contributed by atoms with Crippen LogP contribution in [0.2, 0.25) is 0 Å². The van der Waals surface area contributed by atoms with E-state index in [1.54, 1.807) is 12.1 Å². The van der Waals surface area contributed by atoms with Crippen molar-refractivity contribution in [3.05, 3.63) is 77.1 Å². The summed E-state index contributed by atoms with van der Waals surface area (Å²) in [5.41, 5.74) is -1.88. The second-order valence-corrected chi connectivity index (χ2v) is 6.56. The molecule has 0 unspecified atom stereocenters. The molecular formula is C22H14F7O3. The van der Waals surface area contributed by atoms with Crippen molar-refractivity contribution in [3.63, 3.8) is 0 Å². The fourth-order valence-electron chi connectivity index (χ4n) is 2.98. The molecule has 32 heavy (non-hydrogen) atoms. The lowest BCUT2D eigenvalue weighted by Crippen LogP contribution is -2.25. The number of hydrogen-bond donors (Lipinski definition) is 0. The fraction of sp³-hybridized carbons (Fsp3) is 0.182. The lowest BCUT2D eigenvalue weighted by atomic mass is 9.98. The monoisotopic (exact) mass is 459 g/mol. The van der Waals surface area contributed by atoms with Crippen molar-refractivity contribution >= 4 is 0 Å². The molecule has 0 heterocycles. The zero-order chi connectivity index (χ0) is 23.6. The zero-order valence-corrected chi connectivity index (χ0v) is 16.3. The molecule has 0 fully saturated rings. The first-order valence-corrected chi connectivity index (χ1v) is 9.13. The molecule has 0 N–H and O–H groups in total. The molecule has 0 bridgehead atoms. The van der Waals surface area contributed by atoms with Gasteiger partial charge in [-0.15, -0.1) is 0 Å². The molecule has 1 radical (unpaired) electrons. The normalized spacial score (nSPS) is 11.7. The van der Waals surface area contributed by atoms with E-state index in [-0.39, 0.29) is 17.7 Å². The lowest BCUT2D eigenvalue weighted by molar-refractivity contribution is -0.189. The maximum Gasteiger partial charge on any atom is 0.432 e. The van der Waals surface area contributed by atoms with Crippen molar-refractivity contribution in [1.29, 1.82) is 0 Å². The Kier molecular flexibility index (Phi) is 6.52. The molecule has 0 aromatic heterocycles. The molecule has 3 aromatic rings. The molecule has 0 saturated carbocycles. The molecule has 169 valence electrons. The summed E-state index contributed by atoms with van der Waals surface area (Å²) < 4.78 is 105. The number of halogens is 7. The number of ether oxygens (including phenoxy) is 2. The molecule has 10 heteroatoms. The van der Waals surface area contributed by atoms with Crippen molar-refractivity contribution in [3.8, 4) is 28.4 Å². The first-order chi connectivity index (χ1) is 15.0. The van der Waals surface area contributed by atoms with E-state index in [1.807, 2.05) is 6.92 Å². The summed E-state index contributed by atoms with van der Waals surface area (Å²) in [7, 11) is 0. The first kappa shape index (κ1) is 23.2. The number of benzene rings is 3. The minimum absolute atomic E-state index is 0.0544. The number of rotatable bonds is 7. The maximum absolute atomic E-state index is 15.0. The molecule has 0 spiro atoms. The number of alkyl halides is 4. The quantitative estimate of drug-likeness (QED) is 0.350. The van der Waals surface area contributed by atoms with Crippen molar-refractivity contribution in [1.82, 2.24) is 0 Å². The van der Waals surface area contributed by atoms with Gasteiger partial charge in [0.25, 0.3) is 0 Å². The molecule has 0 amide bonds. The molecule has 0 aliphatic rings. The van der Waals surface area contributed by atoms with Crippen LogP contribution in [0.15, 0.2) is 48.5 Å². The van der Waals surface area contributed by atoms with E-state index in [0.29, 0.717) is 18.6 Å². The Labute approximate surface area is 177 Å². The third-order valence-corrected chi connectivity index (χ3v) is 4.49. The van der Waals surface area contributed by atoms with E-state index >= 15 is 0 Å². The Balaban J connectivity index is 2.01.